The lowest BCUT2D eigenvalue weighted by atomic mass is 10.1. The number of nitrogens with zero attached hydrogens (tertiary/aromatic N) is 2. The number of methoxy groups -OCH3 is 1. The van der Waals surface area contributed by atoms with Crippen LogP contribution in [0.5, 0.6) is 11.5 Å². The molecule has 0 radical (unpaired) electrons. The van der Waals surface area contributed by atoms with E-state index in [-0.39, 0.29) is 5.91 Å². The van der Waals surface area contributed by atoms with E-state index in [1.54, 1.807) is 19.4 Å². The van der Waals surface area contributed by atoms with Crippen molar-refractivity contribution >= 4 is 12.1 Å². The topological polar surface area (TPSA) is 88.6 Å². The van der Waals surface area contributed by atoms with Gasteiger partial charge in [-0.25, -0.2) is 5.43 Å². The quantitative estimate of drug-likeness (QED) is 0.203. The van der Waals surface area contributed by atoms with Crippen molar-refractivity contribution in [3.05, 3.63) is 65.9 Å². The summed E-state index contributed by atoms with van der Waals surface area (Å²) in [4.78, 5) is 12.3. The number of hydrazone groups is 1. The van der Waals surface area contributed by atoms with E-state index >= 15 is 0 Å². The highest BCUT2D eigenvalue weighted by Crippen LogP contribution is 2.21. The van der Waals surface area contributed by atoms with Crippen LogP contribution >= 0.6 is 0 Å². The number of amides is 1. The van der Waals surface area contributed by atoms with Gasteiger partial charge in [0.05, 0.1) is 25.6 Å². The number of aromatic amines is 1. The lowest BCUT2D eigenvalue weighted by molar-refractivity contribution is 0.0950. The van der Waals surface area contributed by atoms with Crippen LogP contribution in [0.1, 0.15) is 61.5 Å². The van der Waals surface area contributed by atoms with Gasteiger partial charge in [0.2, 0.25) is 0 Å². The smallest absolute Gasteiger partial charge is 0.289 e. The third-order valence-electron chi connectivity index (χ3n) is 5.21. The van der Waals surface area contributed by atoms with E-state index in [9.17, 15) is 4.79 Å². The third-order valence-corrected chi connectivity index (χ3v) is 5.21. The number of rotatable bonds is 13. The van der Waals surface area contributed by atoms with E-state index in [2.05, 4.69) is 27.6 Å². The first-order valence-corrected chi connectivity index (χ1v) is 11.5. The number of carbonyl (C=O) groups is 1. The molecule has 7 heteroatoms. The Morgan fingerprint density at radius 3 is 2.61 bits per heavy atom. The molecular formula is C26H32N4O3. The lowest BCUT2D eigenvalue weighted by Gasteiger charge is -2.06. The van der Waals surface area contributed by atoms with Crippen LogP contribution in [-0.4, -0.2) is 36.0 Å². The number of aromatic nitrogens is 2. The largest absolute Gasteiger partial charge is 0.497 e. The van der Waals surface area contributed by atoms with Crippen LogP contribution in [0.2, 0.25) is 0 Å². The predicted molar refractivity (Wildman–Crippen MR) is 131 cm³/mol. The molecular weight excluding hydrogens is 416 g/mol. The fraction of sp³-hybridized carbons (Fsp3) is 0.346. The van der Waals surface area contributed by atoms with E-state index in [4.69, 9.17) is 9.47 Å². The van der Waals surface area contributed by atoms with Crippen LogP contribution in [0.3, 0.4) is 0 Å². The first-order chi connectivity index (χ1) is 16.2. The zero-order valence-electron chi connectivity index (χ0n) is 19.3. The highest BCUT2D eigenvalue weighted by atomic mass is 16.5. The molecule has 0 atom stereocenters. The molecule has 0 fully saturated rings. The van der Waals surface area contributed by atoms with Crippen LogP contribution in [0, 0.1) is 0 Å². The first-order valence-electron chi connectivity index (χ1n) is 11.5. The number of hydrogen-bond donors (Lipinski definition) is 2. The van der Waals surface area contributed by atoms with E-state index < -0.39 is 0 Å². The zero-order valence-corrected chi connectivity index (χ0v) is 19.3. The molecule has 3 aromatic rings. The Morgan fingerprint density at radius 1 is 1.03 bits per heavy atom. The van der Waals surface area contributed by atoms with Gasteiger partial charge in [0.15, 0.2) is 0 Å². The molecule has 1 amide bonds. The minimum Gasteiger partial charge on any atom is -0.497 e. The van der Waals surface area contributed by atoms with Crippen molar-refractivity contribution in [3.63, 3.8) is 0 Å². The first kappa shape index (κ1) is 24.0. The van der Waals surface area contributed by atoms with Gasteiger partial charge in [-0.1, -0.05) is 51.2 Å². The molecule has 2 N–H and O–H groups in total. The molecule has 0 bridgehead atoms. The highest BCUT2D eigenvalue weighted by molar-refractivity contribution is 5.94. The van der Waals surface area contributed by atoms with E-state index in [1.165, 1.54) is 32.1 Å². The molecule has 2 aromatic carbocycles. The zero-order chi connectivity index (χ0) is 23.3. The number of benzene rings is 2. The predicted octanol–water partition coefficient (Wildman–Crippen LogP) is 5.59. The average molecular weight is 449 g/mol. The summed E-state index contributed by atoms with van der Waals surface area (Å²) in [6.07, 6.45) is 9.00. The van der Waals surface area contributed by atoms with Gasteiger partial charge in [-0.15, -0.1) is 0 Å². The summed E-state index contributed by atoms with van der Waals surface area (Å²) in [5.74, 6) is 1.20. The van der Waals surface area contributed by atoms with Crippen molar-refractivity contribution < 1.29 is 14.3 Å². The fourth-order valence-corrected chi connectivity index (χ4v) is 3.33. The van der Waals surface area contributed by atoms with Crippen LogP contribution in [0.15, 0.2) is 59.7 Å². The normalized spacial score (nSPS) is 11.0. The van der Waals surface area contributed by atoms with Crippen molar-refractivity contribution in [1.29, 1.82) is 0 Å². The number of hydrogen-bond acceptors (Lipinski definition) is 5. The Morgan fingerprint density at radius 2 is 1.82 bits per heavy atom. The summed E-state index contributed by atoms with van der Waals surface area (Å²) >= 11 is 0. The number of nitrogens with one attached hydrogen (secondary N) is 2. The lowest BCUT2D eigenvalue weighted by Crippen LogP contribution is -2.18. The standard InChI is InChI=1S/C26H32N4O3/c1-3-4-5-6-7-8-16-33-22-14-12-21(13-15-22)24-18-25(29-28-24)26(31)30-27-19-20-10-9-11-23(17-20)32-2/h9-15,17-19H,3-8,16H2,1-2H3,(H,28,29)(H,30,31)/b27-19-. The number of ether oxygens (including phenoxy) is 2. The summed E-state index contributed by atoms with van der Waals surface area (Å²) in [5.41, 5.74) is 5.23. The average Bonchev–Trinajstić information content (AvgIpc) is 3.34. The summed E-state index contributed by atoms with van der Waals surface area (Å²) in [7, 11) is 1.60. The SMILES string of the molecule is CCCCCCCCOc1ccc(-c2cc(C(=O)N/N=C\c3cccc(OC)c3)[nH]n2)cc1. The van der Waals surface area contributed by atoms with Crippen molar-refractivity contribution in [2.45, 2.75) is 45.4 Å². The Hall–Kier alpha value is -3.61. The molecule has 33 heavy (non-hydrogen) atoms. The summed E-state index contributed by atoms with van der Waals surface area (Å²) in [6.45, 7) is 2.96. The minimum absolute atomic E-state index is 0.330. The van der Waals surface area contributed by atoms with Gasteiger partial charge in [-0.2, -0.15) is 10.2 Å². The molecule has 0 spiro atoms. The minimum atomic E-state index is -0.369. The van der Waals surface area contributed by atoms with E-state index in [0.717, 1.165) is 35.7 Å². The maximum absolute atomic E-state index is 12.3. The molecule has 1 aromatic heterocycles. The molecule has 0 aliphatic heterocycles. The van der Waals surface area contributed by atoms with Crippen molar-refractivity contribution in [1.82, 2.24) is 15.6 Å². The second-order valence-electron chi connectivity index (χ2n) is 7.78. The second kappa shape index (κ2) is 13.1. The summed E-state index contributed by atoms with van der Waals surface area (Å²) in [6, 6.07) is 16.8. The number of H-pyrrole nitrogens is 1. The van der Waals surface area contributed by atoms with Gasteiger partial charge in [-0.05, 0) is 54.4 Å². The van der Waals surface area contributed by atoms with Crippen molar-refractivity contribution in [3.8, 4) is 22.8 Å². The molecule has 0 unspecified atom stereocenters. The molecule has 0 saturated carbocycles. The molecule has 1 heterocycles. The van der Waals surface area contributed by atoms with Crippen LogP contribution in [0.4, 0.5) is 0 Å². The second-order valence-corrected chi connectivity index (χ2v) is 7.78. The summed E-state index contributed by atoms with van der Waals surface area (Å²) < 4.78 is 11.0. The van der Waals surface area contributed by atoms with Gasteiger partial charge >= 0.3 is 0 Å². The Balaban J connectivity index is 1.47. The van der Waals surface area contributed by atoms with Crippen LogP contribution in [0.25, 0.3) is 11.3 Å². The van der Waals surface area contributed by atoms with Gasteiger partial charge in [0, 0.05) is 5.56 Å². The van der Waals surface area contributed by atoms with Crippen molar-refractivity contribution in [2.24, 2.45) is 5.10 Å². The van der Waals surface area contributed by atoms with E-state index in [1.807, 2.05) is 48.5 Å². The Labute approximate surface area is 195 Å². The summed E-state index contributed by atoms with van der Waals surface area (Å²) in [5, 5.41) is 11.0. The fourth-order valence-electron chi connectivity index (χ4n) is 3.33. The number of unbranched alkanes of at least 4 members (excludes halogenated alkanes) is 5. The molecule has 0 aliphatic carbocycles. The third kappa shape index (κ3) is 7.79. The number of carbonyl (C=O) groups excluding carboxylic acids is 1. The molecule has 0 saturated heterocycles. The monoisotopic (exact) mass is 448 g/mol. The van der Waals surface area contributed by atoms with Crippen molar-refractivity contribution in [2.75, 3.05) is 13.7 Å². The highest BCUT2D eigenvalue weighted by Gasteiger charge is 2.10. The molecule has 3 rings (SSSR count). The van der Waals surface area contributed by atoms with E-state index in [0.29, 0.717) is 11.4 Å². The van der Waals surface area contributed by atoms with Gasteiger partial charge in [-0.3, -0.25) is 9.89 Å². The molecule has 7 nitrogen and oxygen atoms in total. The van der Waals surface area contributed by atoms with Gasteiger partial charge < -0.3 is 9.47 Å². The molecule has 174 valence electrons. The van der Waals surface area contributed by atoms with Gasteiger partial charge in [0.1, 0.15) is 17.2 Å². The Bertz CT molecular complexity index is 1030. The Kier molecular flexibility index (Phi) is 9.51. The van der Waals surface area contributed by atoms with Crippen LogP contribution in [-0.2, 0) is 0 Å². The maximum Gasteiger partial charge on any atom is 0.289 e. The maximum atomic E-state index is 12.3. The van der Waals surface area contributed by atoms with Crippen LogP contribution < -0.4 is 14.9 Å². The molecule has 0 aliphatic rings. The van der Waals surface area contributed by atoms with Gasteiger partial charge in [0.25, 0.3) is 5.91 Å².